The molecule has 0 saturated carbocycles. The summed E-state index contributed by atoms with van der Waals surface area (Å²) in [6.45, 7) is 0.246. The van der Waals surface area contributed by atoms with Crippen LogP contribution >= 0.6 is 23.2 Å². The third kappa shape index (κ3) is 3.39. The van der Waals surface area contributed by atoms with E-state index in [0.29, 0.717) is 15.6 Å². The monoisotopic (exact) mass is 418 g/mol. The molecule has 2 aliphatic rings. The number of urea groups is 2. The standard InChI is InChI=1S/C19H16Cl2N4O3/c20-12-7-6-11(8-13(12)21)15-14-16(23-18(27)22-15)25(19(28)24-17(14)26)9-10-4-2-1-3-5-10/h1-8,14-16H,9H2,(H2,22,23,27)(H,24,26,28). The first-order valence-electron chi connectivity index (χ1n) is 8.61. The summed E-state index contributed by atoms with van der Waals surface area (Å²) in [5, 5.41) is 8.54. The average Bonchev–Trinajstić information content (AvgIpc) is 2.67. The van der Waals surface area contributed by atoms with E-state index in [1.807, 2.05) is 30.3 Å². The highest BCUT2D eigenvalue weighted by Gasteiger charge is 2.49. The maximum Gasteiger partial charge on any atom is 0.326 e. The number of benzene rings is 2. The molecule has 5 amide bonds. The molecular formula is C19H16Cl2N4O3. The fraction of sp³-hybridized carbons (Fsp3) is 0.211. The second-order valence-corrected chi connectivity index (χ2v) is 7.46. The van der Waals surface area contributed by atoms with E-state index in [1.165, 1.54) is 4.90 Å². The number of imide groups is 1. The number of nitrogens with zero attached hydrogens (tertiary/aromatic N) is 1. The van der Waals surface area contributed by atoms with Crippen molar-refractivity contribution in [3.63, 3.8) is 0 Å². The Labute approximate surface area is 171 Å². The van der Waals surface area contributed by atoms with E-state index in [9.17, 15) is 14.4 Å². The number of carbonyl (C=O) groups excluding carboxylic acids is 3. The van der Waals surface area contributed by atoms with Gasteiger partial charge in [-0.1, -0.05) is 59.6 Å². The van der Waals surface area contributed by atoms with Gasteiger partial charge in [0.25, 0.3) is 0 Å². The van der Waals surface area contributed by atoms with E-state index < -0.39 is 36.1 Å². The molecule has 3 N–H and O–H groups in total. The number of nitrogens with one attached hydrogen (secondary N) is 3. The quantitative estimate of drug-likeness (QED) is 0.715. The lowest BCUT2D eigenvalue weighted by Gasteiger charge is -2.46. The zero-order chi connectivity index (χ0) is 19.8. The Kier molecular flexibility index (Phi) is 4.87. The topological polar surface area (TPSA) is 90.5 Å². The number of carbonyl (C=O) groups is 3. The van der Waals surface area contributed by atoms with Crippen molar-refractivity contribution in [3.05, 3.63) is 69.7 Å². The summed E-state index contributed by atoms with van der Waals surface area (Å²) in [6, 6.07) is 12.6. The van der Waals surface area contributed by atoms with E-state index in [2.05, 4.69) is 16.0 Å². The predicted octanol–water partition coefficient (Wildman–Crippen LogP) is 3.04. The van der Waals surface area contributed by atoms with Gasteiger partial charge in [0.05, 0.1) is 16.1 Å². The molecule has 0 bridgehead atoms. The minimum absolute atomic E-state index is 0.246. The lowest BCUT2D eigenvalue weighted by Crippen LogP contribution is -2.71. The second-order valence-electron chi connectivity index (χ2n) is 6.65. The molecular weight excluding hydrogens is 403 g/mol. The summed E-state index contributed by atoms with van der Waals surface area (Å²) < 4.78 is 0. The molecule has 2 aromatic rings. The fourth-order valence-corrected chi connectivity index (χ4v) is 3.89. The highest BCUT2D eigenvalue weighted by Crippen LogP contribution is 2.35. The van der Waals surface area contributed by atoms with Crippen LogP contribution in [0, 0.1) is 5.92 Å². The van der Waals surface area contributed by atoms with Crippen molar-refractivity contribution >= 4 is 41.2 Å². The second kappa shape index (κ2) is 7.33. The molecule has 0 aliphatic carbocycles. The van der Waals surface area contributed by atoms with Gasteiger partial charge in [0, 0.05) is 6.54 Å². The first-order chi connectivity index (χ1) is 13.4. The summed E-state index contributed by atoms with van der Waals surface area (Å²) in [5.41, 5.74) is 1.51. The van der Waals surface area contributed by atoms with Crippen LogP contribution in [0.15, 0.2) is 48.5 Å². The van der Waals surface area contributed by atoms with Crippen LogP contribution in [-0.2, 0) is 11.3 Å². The zero-order valence-corrected chi connectivity index (χ0v) is 16.0. The van der Waals surface area contributed by atoms with Gasteiger partial charge >= 0.3 is 12.1 Å². The molecule has 2 fully saturated rings. The molecule has 0 spiro atoms. The molecule has 9 heteroatoms. The van der Waals surface area contributed by atoms with Gasteiger partial charge in [-0.2, -0.15) is 0 Å². The van der Waals surface area contributed by atoms with Crippen LogP contribution in [0.25, 0.3) is 0 Å². The molecule has 2 heterocycles. The van der Waals surface area contributed by atoms with E-state index >= 15 is 0 Å². The van der Waals surface area contributed by atoms with Crippen LogP contribution in [0.5, 0.6) is 0 Å². The van der Waals surface area contributed by atoms with Crippen LogP contribution in [0.2, 0.25) is 10.0 Å². The maximum absolute atomic E-state index is 12.7. The van der Waals surface area contributed by atoms with Crippen molar-refractivity contribution in [1.29, 1.82) is 0 Å². The number of rotatable bonds is 3. The first-order valence-corrected chi connectivity index (χ1v) is 9.37. The van der Waals surface area contributed by atoms with Gasteiger partial charge in [-0.05, 0) is 23.3 Å². The van der Waals surface area contributed by atoms with E-state index in [4.69, 9.17) is 23.2 Å². The highest BCUT2D eigenvalue weighted by molar-refractivity contribution is 6.42. The lowest BCUT2D eigenvalue weighted by atomic mass is 9.86. The fourth-order valence-electron chi connectivity index (χ4n) is 3.58. The molecule has 2 aliphatic heterocycles. The Bertz CT molecular complexity index is 953. The largest absolute Gasteiger partial charge is 0.330 e. The molecule has 0 aromatic heterocycles. The molecule has 28 heavy (non-hydrogen) atoms. The molecule has 0 radical (unpaired) electrons. The molecule has 4 rings (SSSR count). The van der Waals surface area contributed by atoms with Gasteiger partial charge in [0.2, 0.25) is 5.91 Å². The Hall–Kier alpha value is -2.77. The highest BCUT2D eigenvalue weighted by atomic mass is 35.5. The van der Waals surface area contributed by atoms with Crippen LogP contribution in [0.1, 0.15) is 17.2 Å². The zero-order valence-electron chi connectivity index (χ0n) is 14.5. The van der Waals surface area contributed by atoms with Gasteiger partial charge in [-0.15, -0.1) is 0 Å². The minimum atomic E-state index is -0.797. The normalized spacial score (nSPS) is 24.1. The van der Waals surface area contributed by atoms with Gasteiger partial charge in [0.15, 0.2) is 0 Å². The number of halogens is 2. The minimum Gasteiger partial charge on any atom is -0.330 e. The van der Waals surface area contributed by atoms with Crippen molar-refractivity contribution in [2.45, 2.75) is 18.8 Å². The molecule has 3 atom stereocenters. The molecule has 144 valence electrons. The third-order valence-corrected chi connectivity index (χ3v) is 5.63. The average molecular weight is 419 g/mol. The smallest absolute Gasteiger partial charge is 0.326 e. The number of hydrogen-bond acceptors (Lipinski definition) is 3. The number of amides is 5. The van der Waals surface area contributed by atoms with E-state index in [1.54, 1.807) is 18.2 Å². The van der Waals surface area contributed by atoms with Gasteiger partial charge in [0.1, 0.15) is 12.1 Å². The Morgan fingerprint density at radius 1 is 0.929 bits per heavy atom. The third-order valence-electron chi connectivity index (χ3n) is 4.89. The van der Waals surface area contributed by atoms with Crippen molar-refractivity contribution in [2.24, 2.45) is 5.92 Å². The van der Waals surface area contributed by atoms with Gasteiger partial charge in [-0.3, -0.25) is 15.0 Å². The van der Waals surface area contributed by atoms with Crippen LogP contribution in [-0.4, -0.2) is 29.0 Å². The predicted molar refractivity (Wildman–Crippen MR) is 104 cm³/mol. The summed E-state index contributed by atoms with van der Waals surface area (Å²) >= 11 is 12.1. The van der Waals surface area contributed by atoms with Crippen molar-refractivity contribution in [3.8, 4) is 0 Å². The number of fused-ring (bicyclic) bond motifs is 1. The molecule has 2 saturated heterocycles. The number of hydrogen-bond donors (Lipinski definition) is 3. The Balaban J connectivity index is 1.70. The van der Waals surface area contributed by atoms with Crippen molar-refractivity contribution in [1.82, 2.24) is 20.9 Å². The summed E-state index contributed by atoms with van der Waals surface area (Å²) in [4.78, 5) is 38.9. The summed E-state index contributed by atoms with van der Waals surface area (Å²) in [5.74, 6) is -1.21. The van der Waals surface area contributed by atoms with Crippen molar-refractivity contribution in [2.75, 3.05) is 0 Å². The lowest BCUT2D eigenvalue weighted by molar-refractivity contribution is -0.130. The van der Waals surface area contributed by atoms with E-state index in [0.717, 1.165) is 5.56 Å². The van der Waals surface area contributed by atoms with Crippen LogP contribution < -0.4 is 16.0 Å². The molecule has 7 nitrogen and oxygen atoms in total. The van der Waals surface area contributed by atoms with Crippen LogP contribution in [0.3, 0.4) is 0 Å². The Morgan fingerprint density at radius 2 is 1.68 bits per heavy atom. The summed E-state index contributed by atoms with van der Waals surface area (Å²) in [6.07, 6.45) is -0.797. The molecule has 3 unspecified atom stereocenters. The van der Waals surface area contributed by atoms with E-state index in [-0.39, 0.29) is 6.54 Å². The maximum atomic E-state index is 12.7. The van der Waals surface area contributed by atoms with Gasteiger partial charge in [-0.25, -0.2) is 9.59 Å². The molecule has 2 aromatic carbocycles. The van der Waals surface area contributed by atoms with Crippen LogP contribution in [0.4, 0.5) is 9.59 Å². The van der Waals surface area contributed by atoms with Gasteiger partial charge < -0.3 is 10.6 Å². The first kappa shape index (κ1) is 18.6. The Morgan fingerprint density at radius 3 is 2.39 bits per heavy atom. The summed E-state index contributed by atoms with van der Waals surface area (Å²) in [7, 11) is 0. The SMILES string of the molecule is O=C1NC(c2ccc(Cl)c(Cl)c2)C2C(=O)NC(=O)N(Cc3ccccc3)C2N1. The van der Waals surface area contributed by atoms with Crippen molar-refractivity contribution < 1.29 is 14.4 Å².